The maximum atomic E-state index is 12.4. The van der Waals surface area contributed by atoms with Gasteiger partial charge < -0.3 is 9.72 Å². The summed E-state index contributed by atoms with van der Waals surface area (Å²) in [4.78, 5) is 21.2. The van der Waals surface area contributed by atoms with E-state index < -0.39 is 0 Å². The normalized spacial score (nSPS) is 10.9. The first-order valence-electron chi connectivity index (χ1n) is 9.08. The number of hydrogen-bond donors (Lipinski definition) is 1. The summed E-state index contributed by atoms with van der Waals surface area (Å²) in [6, 6.07) is 17.8. The predicted molar refractivity (Wildman–Crippen MR) is 113 cm³/mol. The minimum Gasteiger partial charge on any atom is -0.352 e. The maximum absolute atomic E-state index is 12.4. The van der Waals surface area contributed by atoms with Gasteiger partial charge in [-0.15, -0.1) is 0 Å². The molecule has 0 atom stereocenters. The topological polar surface area (TPSA) is 59.3 Å². The second-order valence-electron chi connectivity index (χ2n) is 6.48. The molecular weight excluding hydrogens is 416 g/mol. The molecule has 0 radical (unpaired) electrons. The number of rotatable bonds is 6. The Hall–Kier alpha value is -2.99. The van der Waals surface area contributed by atoms with Crippen LogP contribution in [0.5, 0.6) is 0 Å². The molecule has 0 saturated heterocycles. The third kappa shape index (κ3) is 4.12. The van der Waals surface area contributed by atoms with Crippen LogP contribution in [-0.2, 0) is 17.8 Å². The molecule has 3 aromatic heterocycles. The smallest absolute Gasteiger partial charge is 0.220 e. The number of pyridine rings is 2. The van der Waals surface area contributed by atoms with Gasteiger partial charge in [-0.05, 0) is 42.3 Å². The Kier molecular flexibility index (Phi) is 5.48. The van der Waals surface area contributed by atoms with E-state index in [1.54, 1.807) is 12.4 Å². The highest BCUT2D eigenvalue weighted by atomic mass is 79.9. The summed E-state index contributed by atoms with van der Waals surface area (Å²) in [6.07, 6.45) is 6.48. The third-order valence-corrected chi connectivity index (χ3v) is 5.08. The first kappa shape index (κ1) is 18.4. The van der Waals surface area contributed by atoms with Crippen molar-refractivity contribution in [1.82, 2.24) is 19.7 Å². The second-order valence-corrected chi connectivity index (χ2v) is 7.40. The molecule has 4 aromatic rings. The second kappa shape index (κ2) is 8.35. The molecule has 6 heteroatoms. The minimum atomic E-state index is 0.0106. The number of benzene rings is 1. The van der Waals surface area contributed by atoms with E-state index in [4.69, 9.17) is 4.98 Å². The van der Waals surface area contributed by atoms with Crippen LogP contribution < -0.4 is 5.32 Å². The molecule has 28 heavy (non-hydrogen) atoms. The highest BCUT2D eigenvalue weighted by Gasteiger charge is 2.15. The zero-order valence-corrected chi connectivity index (χ0v) is 16.8. The zero-order valence-electron chi connectivity index (χ0n) is 15.2. The fraction of sp³-hybridized carbons (Fsp3) is 0.136. The lowest BCUT2D eigenvalue weighted by Crippen LogP contribution is -2.23. The van der Waals surface area contributed by atoms with E-state index in [9.17, 15) is 4.79 Å². The number of aryl methyl sites for hydroxylation is 1. The number of aromatic nitrogens is 3. The van der Waals surface area contributed by atoms with Crippen LogP contribution in [0, 0.1) is 0 Å². The van der Waals surface area contributed by atoms with Crippen molar-refractivity contribution < 1.29 is 4.79 Å². The molecule has 1 amide bonds. The van der Waals surface area contributed by atoms with Crippen LogP contribution in [0.1, 0.15) is 17.7 Å². The van der Waals surface area contributed by atoms with Crippen LogP contribution in [-0.4, -0.2) is 20.3 Å². The Balaban J connectivity index is 1.53. The van der Waals surface area contributed by atoms with E-state index in [1.165, 1.54) is 0 Å². The fourth-order valence-electron chi connectivity index (χ4n) is 3.15. The van der Waals surface area contributed by atoms with Crippen molar-refractivity contribution >= 4 is 27.5 Å². The summed E-state index contributed by atoms with van der Waals surface area (Å²) in [5.41, 5.74) is 4.86. The van der Waals surface area contributed by atoms with Gasteiger partial charge in [-0.25, -0.2) is 4.98 Å². The van der Waals surface area contributed by atoms with Crippen molar-refractivity contribution in [3.05, 3.63) is 88.9 Å². The molecule has 5 nitrogen and oxygen atoms in total. The van der Waals surface area contributed by atoms with Gasteiger partial charge in [0.1, 0.15) is 5.65 Å². The van der Waals surface area contributed by atoms with E-state index in [2.05, 4.69) is 30.6 Å². The van der Waals surface area contributed by atoms with Gasteiger partial charge in [0.05, 0.1) is 11.4 Å². The Morgan fingerprint density at radius 3 is 2.71 bits per heavy atom. The van der Waals surface area contributed by atoms with E-state index in [1.807, 2.05) is 60.8 Å². The van der Waals surface area contributed by atoms with E-state index in [0.29, 0.717) is 19.4 Å². The molecule has 0 aliphatic carbocycles. The fourth-order valence-corrected chi connectivity index (χ4v) is 3.41. The molecule has 0 aliphatic heterocycles. The van der Waals surface area contributed by atoms with Crippen molar-refractivity contribution in [2.75, 3.05) is 0 Å². The number of carbonyl (C=O) groups excluding carboxylic acids is 1. The molecule has 0 spiro atoms. The molecular formula is C22H19BrN4O. The average Bonchev–Trinajstić information content (AvgIpc) is 3.10. The summed E-state index contributed by atoms with van der Waals surface area (Å²) < 4.78 is 3.09. The number of nitrogens with zero attached hydrogens (tertiary/aromatic N) is 3. The van der Waals surface area contributed by atoms with Crippen LogP contribution in [0.3, 0.4) is 0 Å². The Morgan fingerprint density at radius 1 is 1.07 bits per heavy atom. The lowest BCUT2D eigenvalue weighted by atomic mass is 10.1. The van der Waals surface area contributed by atoms with E-state index in [-0.39, 0.29) is 5.91 Å². The molecule has 0 unspecified atom stereocenters. The summed E-state index contributed by atoms with van der Waals surface area (Å²) >= 11 is 3.47. The number of carbonyl (C=O) groups is 1. The van der Waals surface area contributed by atoms with Gasteiger partial charge in [-0.2, -0.15) is 0 Å². The number of fused-ring (bicyclic) bond motifs is 1. The van der Waals surface area contributed by atoms with Gasteiger partial charge >= 0.3 is 0 Å². The highest BCUT2D eigenvalue weighted by Crippen LogP contribution is 2.26. The molecule has 0 bridgehead atoms. The number of nitrogens with one attached hydrogen (secondary N) is 1. The highest BCUT2D eigenvalue weighted by molar-refractivity contribution is 9.10. The van der Waals surface area contributed by atoms with Crippen molar-refractivity contribution in [3.63, 3.8) is 0 Å². The van der Waals surface area contributed by atoms with Gasteiger partial charge in [-0.3, -0.25) is 9.78 Å². The number of hydrogen-bond acceptors (Lipinski definition) is 3. The summed E-state index contributed by atoms with van der Waals surface area (Å²) in [5, 5.41) is 2.96. The molecule has 1 N–H and O–H groups in total. The lowest BCUT2D eigenvalue weighted by molar-refractivity contribution is -0.121. The molecule has 1 aromatic carbocycles. The Bertz CT molecular complexity index is 1090. The standard InChI is InChI=1S/C22H19BrN4O/c23-18-8-6-17(7-9-18)22-19(27-13-2-1-5-20(27)26-22)10-11-21(28)25-15-16-4-3-12-24-14-16/h1-9,12-14H,10-11,15H2,(H,25,28). The zero-order chi connectivity index (χ0) is 19.3. The van der Waals surface area contributed by atoms with Crippen molar-refractivity contribution in [2.45, 2.75) is 19.4 Å². The molecule has 3 heterocycles. The van der Waals surface area contributed by atoms with Gasteiger partial charge in [-0.1, -0.05) is 40.2 Å². The van der Waals surface area contributed by atoms with Crippen LogP contribution in [0.2, 0.25) is 0 Å². The van der Waals surface area contributed by atoms with Crippen molar-refractivity contribution in [2.24, 2.45) is 0 Å². The van der Waals surface area contributed by atoms with Crippen molar-refractivity contribution in [3.8, 4) is 11.3 Å². The Labute approximate surface area is 171 Å². The molecule has 0 aliphatic rings. The third-order valence-electron chi connectivity index (χ3n) is 4.55. The monoisotopic (exact) mass is 434 g/mol. The van der Waals surface area contributed by atoms with Crippen LogP contribution in [0.15, 0.2) is 77.7 Å². The predicted octanol–water partition coefficient (Wildman–Crippen LogP) is 4.41. The number of amides is 1. The average molecular weight is 435 g/mol. The number of imidazole rings is 1. The Morgan fingerprint density at radius 2 is 1.93 bits per heavy atom. The van der Waals surface area contributed by atoms with Gasteiger partial charge in [0.25, 0.3) is 0 Å². The van der Waals surface area contributed by atoms with Gasteiger partial charge in [0.15, 0.2) is 0 Å². The summed E-state index contributed by atoms with van der Waals surface area (Å²) in [5.74, 6) is 0.0106. The number of halogens is 1. The van der Waals surface area contributed by atoms with E-state index in [0.717, 1.165) is 32.6 Å². The minimum absolute atomic E-state index is 0.0106. The molecule has 0 saturated carbocycles. The van der Waals surface area contributed by atoms with E-state index >= 15 is 0 Å². The van der Waals surface area contributed by atoms with Crippen LogP contribution >= 0.6 is 15.9 Å². The van der Waals surface area contributed by atoms with Gasteiger partial charge in [0.2, 0.25) is 5.91 Å². The first-order valence-corrected chi connectivity index (χ1v) is 9.87. The largest absolute Gasteiger partial charge is 0.352 e. The summed E-state index contributed by atoms with van der Waals surface area (Å²) in [6.45, 7) is 0.486. The quantitative estimate of drug-likeness (QED) is 0.488. The molecule has 140 valence electrons. The SMILES string of the molecule is O=C(CCc1c(-c2ccc(Br)cc2)nc2ccccn12)NCc1cccnc1. The van der Waals surface area contributed by atoms with Crippen LogP contribution in [0.25, 0.3) is 16.9 Å². The summed E-state index contributed by atoms with van der Waals surface area (Å²) in [7, 11) is 0. The van der Waals surface area contributed by atoms with Crippen LogP contribution in [0.4, 0.5) is 0 Å². The lowest BCUT2D eigenvalue weighted by Gasteiger charge is -2.07. The van der Waals surface area contributed by atoms with Gasteiger partial charge in [0, 0.05) is 41.6 Å². The first-order chi connectivity index (χ1) is 13.7. The van der Waals surface area contributed by atoms with Crippen molar-refractivity contribution in [1.29, 1.82) is 0 Å². The molecule has 0 fully saturated rings. The molecule has 4 rings (SSSR count). The maximum Gasteiger partial charge on any atom is 0.220 e.